The fourth-order valence-electron chi connectivity index (χ4n) is 1.62. The van der Waals surface area contributed by atoms with Gasteiger partial charge < -0.3 is 15.4 Å². The number of hydrogen-bond acceptors (Lipinski definition) is 4. The molecule has 0 aromatic heterocycles. The van der Waals surface area contributed by atoms with Gasteiger partial charge in [0.25, 0.3) is 0 Å². The maximum atomic E-state index is 11.7. The van der Waals surface area contributed by atoms with Crippen LogP contribution in [-0.2, 0) is 14.3 Å². The van der Waals surface area contributed by atoms with E-state index in [0.717, 1.165) is 6.42 Å². The van der Waals surface area contributed by atoms with Gasteiger partial charge in [0.2, 0.25) is 5.91 Å². The summed E-state index contributed by atoms with van der Waals surface area (Å²) in [5.41, 5.74) is 0. The van der Waals surface area contributed by atoms with Crippen molar-refractivity contribution in [1.29, 1.82) is 0 Å². The van der Waals surface area contributed by atoms with Crippen molar-refractivity contribution in [3.63, 3.8) is 0 Å². The Kier molecular flexibility index (Phi) is 8.37. The van der Waals surface area contributed by atoms with Gasteiger partial charge in [-0.2, -0.15) is 0 Å². The summed E-state index contributed by atoms with van der Waals surface area (Å²) in [4.78, 5) is 23.0. The number of carbonyl (C=O) groups is 2. The Bertz CT molecular complexity index is 267. The van der Waals surface area contributed by atoms with Crippen molar-refractivity contribution >= 4 is 11.9 Å². The van der Waals surface area contributed by atoms with E-state index in [1.165, 1.54) is 0 Å². The number of nitrogens with one attached hydrogen (secondary N) is 2. The molecule has 0 bridgehead atoms. The summed E-state index contributed by atoms with van der Waals surface area (Å²) in [7, 11) is 3.35. The second-order valence-electron chi connectivity index (χ2n) is 4.94. The van der Waals surface area contributed by atoms with Crippen molar-refractivity contribution in [2.45, 2.75) is 39.7 Å². The lowest BCUT2D eigenvalue weighted by atomic mass is 10.0. The van der Waals surface area contributed by atoms with E-state index in [0.29, 0.717) is 12.3 Å². The van der Waals surface area contributed by atoms with Crippen molar-refractivity contribution in [2.24, 2.45) is 11.8 Å². The van der Waals surface area contributed by atoms with Gasteiger partial charge in [-0.05, 0) is 25.8 Å². The lowest BCUT2D eigenvalue weighted by molar-refractivity contribution is -0.147. The van der Waals surface area contributed by atoms with Crippen LogP contribution in [0.4, 0.5) is 0 Å². The minimum Gasteiger partial charge on any atom is -0.465 e. The van der Waals surface area contributed by atoms with Gasteiger partial charge in [0.1, 0.15) is 6.04 Å². The molecule has 0 aromatic rings. The lowest BCUT2D eigenvalue weighted by Gasteiger charge is -2.17. The Hall–Kier alpha value is -1.10. The summed E-state index contributed by atoms with van der Waals surface area (Å²) in [6, 6.07) is -0.264. The quantitative estimate of drug-likeness (QED) is 0.636. The second-order valence-corrected chi connectivity index (χ2v) is 4.94. The molecule has 0 unspecified atom stereocenters. The van der Waals surface area contributed by atoms with E-state index < -0.39 is 0 Å². The highest BCUT2D eigenvalue weighted by molar-refractivity contribution is 5.78. The minimum absolute atomic E-state index is 0.0293. The molecular weight excluding hydrogens is 232 g/mol. The largest absolute Gasteiger partial charge is 0.465 e. The first-order valence-corrected chi connectivity index (χ1v) is 6.47. The van der Waals surface area contributed by atoms with Crippen LogP contribution in [0.1, 0.15) is 33.6 Å². The molecule has 1 amide bonds. The van der Waals surface area contributed by atoms with E-state index in [1.807, 2.05) is 6.92 Å². The van der Waals surface area contributed by atoms with Gasteiger partial charge in [-0.1, -0.05) is 20.8 Å². The molecular formula is C13H26N2O3. The van der Waals surface area contributed by atoms with Crippen molar-refractivity contribution in [3.05, 3.63) is 0 Å². The number of ether oxygens (including phenoxy) is 1. The first-order valence-electron chi connectivity index (χ1n) is 6.47. The maximum Gasteiger partial charge on any atom is 0.323 e. The van der Waals surface area contributed by atoms with Crippen LogP contribution < -0.4 is 10.6 Å². The lowest BCUT2D eigenvalue weighted by Crippen LogP contribution is -2.37. The van der Waals surface area contributed by atoms with E-state index in [-0.39, 0.29) is 30.4 Å². The molecule has 0 aromatic carbocycles. The summed E-state index contributed by atoms with van der Waals surface area (Å²) in [5.74, 6) is 0.0226. The summed E-state index contributed by atoms with van der Waals surface area (Å²) >= 11 is 0. The number of likely N-dealkylation sites (N-methyl/N-ethyl adjacent to an activating group) is 1. The molecule has 5 heteroatoms. The highest BCUT2D eigenvalue weighted by atomic mass is 16.5. The monoisotopic (exact) mass is 258 g/mol. The van der Waals surface area contributed by atoms with Crippen LogP contribution in [0.15, 0.2) is 0 Å². The average Bonchev–Trinajstić information content (AvgIpc) is 2.34. The molecule has 18 heavy (non-hydrogen) atoms. The minimum atomic E-state index is -0.264. The van der Waals surface area contributed by atoms with E-state index in [4.69, 9.17) is 4.74 Å². The molecule has 0 aliphatic heterocycles. The molecule has 0 saturated heterocycles. The van der Waals surface area contributed by atoms with E-state index in [1.54, 1.807) is 14.1 Å². The Morgan fingerprint density at radius 2 is 1.78 bits per heavy atom. The first kappa shape index (κ1) is 16.9. The number of esters is 1. The van der Waals surface area contributed by atoms with Gasteiger partial charge in [-0.3, -0.25) is 9.59 Å². The van der Waals surface area contributed by atoms with E-state index in [9.17, 15) is 9.59 Å². The van der Waals surface area contributed by atoms with E-state index >= 15 is 0 Å². The summed E-state index contributed by atoms with van der Waals surface area (Å²) in [6.45, 7) is 6.22. The summed E-state index contributed by atoms with van der Waals surface area (Å²) in [6.07, 6.45) is 1.30. The van der Waals surface area contributed by atoms with Gasteiger partial charge in [0.15, 0.2) is 0 Å². The van der Waals surface area contributed by atoms with Crippen LogP contribution in [0.5, 0.6) is 0 Å². The van der Waals surface area contributed by atoms with Gasteiger partial charge >= 0.3 is 5.97 Å². The van der Waals surface area contributed by atoms with Gasteiger partial charge in [-0.25, -0.2) is 0 Å². The zero-order chi connectivity index (χ0) is 14.1. The molecule has 5 nitrogen and oxygen atoms in total. The first-order chi connectivity index (χ1) is 8.42. The van der Waals surface area contributed by atoms with Crippen molar-refractivity contribution in [3.8, 4) is 0 Å². The molecule has 0 fully saturated rings. The maximum absolute atomic E-state index is 11.7. The third-order valence-electron chi connectivity index (χ3n) is 2.83. The molecule has 0 radical (unpaired) electrons. The van der Waals surface area contributed by atoms with E-state index in [2.05, 4.69) is 24.5 Å². The van der Waals surface area contributed by atoms with Crippen LogP contribution in [0.3, 0.4) is 0 Å². The predicted octanol–water partition coefficient (Wildman–Crippen LogP) is 0.936. The molecule has 2 N–H and O–H groups in total. The molecule has 0 rings (SSSR count). The molecule has 0 aliphatic carbocycles. The number of carbonyl (C=O) groups excluding carboxylic acids is 2. The standard InChI is InChI=1S/C13H26N2O3/c1-9(2)8-11(14-4)13(17)18-7-6-10(3)12(16)15-5/h9-11,14H,6-8H2,1-5H3,(H,15,16)/t10-,11-/m0/s1. The molecule has 0 heterocycles. The van der Waals surface area contributed by atoms with Crippen molar-refractivity contribution < 1.29 is 14.3 Å². The van der Waals surface area contributed by atoms with Crippen LogP contribution >= 0.6 is 0 Å². The van der Waals surface area contributed by atoms with Crippen LogP contribution in [-0.4, -0.2) is 38.6 Å². The number of hydrogen-bond donors (Lipinski definition) is 2. The average molecular weight is 258 g/mol. The fourth-order valence-corrected chi connectivity index (χ4v) is 1.62. The van der Waals surface area contributed by atoms with Gasteiger partial charge in [0.05, 0.1) is 6.61 Å². The third kappa shape index (κ3) is 6.59. The normalized spacial score (nSPS) is 14.1. The zero-order valence-electron chi connectivity index (χ0n) is 12.1. The molecule has 0 spiro atoms. The van der Waals surface area contributed by atoms with Crippen LogP contribution in [0, 0.1) is 11.8 Å². The number of amides is 1. The second kappa shape index (κ2) is 8.91. The van der Waals surface area contributed by atoms with Crippen molar-refractivity contribution in [2.75, 3.05) is 20.7 Å². The summed E-state index contributed by atoms with van der Waals surface area (Å²) < 4.78 is 5.18. The molecule has 2 atom stereocenters. The zero-order valence-corrected chi connectivity index (χ0v) is 12.1. The molecule has 106 valence electrons. The SMILES string of the molecule is CNC(=O)[C@@H](C)CCOC(=O)[C@H](CC(C)C)NC. The van der Waals surface area contributed by atoms with Gasteiger partial charge in [-0.15, -0.1) is 0 Å². The smallest absolute Gasteiger partial charge is 0.323 e. The number of rotatable bonds is 8. The van der Waals surface area contributed by atoms with Gasteiger partial charge in [0, 0.05) is 13.0 Å². The predicted molar refractivity (Wildman–Crippen MR) is 71.1 cm³/mol. The van der Waals surface area contributed by atoms with Crippen LogP contribution in [0.2, 0.25) is 0 Å². The highest BCUT2D eigenvalue weighted by Crippen LogP contribution is 2.07. The Morgan fingerprint density at radius 1 is 1.17 bits per heavy atom. The Balaban J connectivity index is 3.97. The van der Waals surface area contributed by atoms with Crippen LogP contribution in [0.25, 0.3) is 0 Å². The fraction of sp³-hybridized carbons (Fsp3) is 0.846. The topological polar surface area (TPSA) is 67.4 Å². The summed E-state index contributed by atoms with van der Waals surface area (Å²) in [5, 5.41) is 5.52. The Labute approximate surface area is 110 Å². The Morgan fingerprint density at radius 3 is 2.22 bits per heavy atom. The molecule has 0 aliphatic rings. The van der Waals surface area contributed by atoms with Crippen molar-refractivity contribution in [1.82, 2.24) is 10.6 Å². The third-order valence-corrected chi connectivity index (χ3v) is 2.83. The highest BCUT2D eigenvalue weighted by Gasteiger charge is 2.19. The molecule has 0 saturated carbocycles.